The molecule has 32 heavy (non-hydrogen) atoms. The molecule has 0 saturated carbocycles. The first kappa shape index (κ1) is 23.8. The van der Waals surface area contributed by atoms with E-state index in [0.29, 0.717) is 36.0 Å². The number of nitrogens with zero attached hydrogens (tertiary/aromatic N) is 2. The lowest BCUT2D eigenvalue weighted by Crippen LogP contribution is -2.58. The summed E-state index contributed by atoms with van der Waals surface area (Å²) in [5.41, 5.74) is 1.51. The first-order chi connectivity index (χ1) is 15.2. The summed E-state index contributed by atoms with van der Waals surface area (Å²) in [5, 5.41) is 9.30. The summed E-state index contributed by atoms with van der Waals surface area (Å²) in [5.74, 6) is -1.11. The Bertz CT molecular complexity index is 996. The maximum atomic E-state index is 13.2. The van der Waals surface area contributed by atoms with Crippen molar-refractivity contribution in [3.63, 3.8) is 0 Å². The minimum Gasteiger partial charge on any atom is -0.483 e. The number of carboxylic acid groups (broad SMARTS) is 1. The fourth-order valence-corrected chi connectivity index (χ4v) is 3.94. The van der Waals surface area contributed by atoms with Gasteiger partial charge in [0.05, 0.1) is 0 Å². The van der Waals surface area contributed by atoms with Crippen molar-refractivity contribution in [1.82, 2.24) is 9.80 Å². The Morgan fingerprint density at radius 3 is 2.56 bits per heavy atom. The molecular weight excluding hydrogens is 435 g/mol. The number of carbonyl (C=O) groups excluding carboxylic acids is 1. The van der Waals surface area contributed by atoms with E-state index in [1.807, 2.05) is 6.92 Å². The van der Waals surface area contributed by atoms with Gasteiger partial charge in [-0.05, 0) is 55.8 Å². The molecule has 2 aromatic rings. The molecule has 1 aliphatic heterocycles. The van der Waals surface area contributed by atoms with E-state index < -0.39 is 5.97 Å². The van der Waals surface area contributed by atoms with Crippen LogP contribution in [0.5, 0.6) is 5.75 Å². The predicted octanol–water partition coefficient (Wildman–Crippen LogP) is 4.08. The van der Waals surface area contributed by atoms with Crippen molar-refractivity contribution in [2.75, 3.05) is 19.7 Å². The van der Waals surface area contributed by atoms with Crippen LogP contribution >= 0.6 is 11.6 Å². The molecule has 3 rings (SSSR count). The zero-order valence-corrected chi connectivity index (χ0v) is 18.8. The standard InChI is InChI=1S/C24H26ClFN2O4/c1-16-13-28(17(2)12-27(16)14-18-3-7-21(26)8-4-18)23(29)15-32-22-9-6-20(25)11-19(22)5-10-24(30)31/h3-11,16-17H,12-15H2,1-2H3,(H,30,31)/b10-5+. The van der Waals surface area contributed by atoms with Crippen LogP contribution in [0.3, 0.4) is 0 Å². The number of piperazine rings is 1. The lowest BCUT2D eigenvalue weighted by atomic mass is 10.1. The van der Waals surface area contributed by atoms with Gasteiger partial charge in [-0.15, -0.1) is 0 Å². The van der Waals surface area contributed by atoms with Gasteiger partial charge in [-0.3, -0.25) is 9.69 Å². The fourth-order valence-electron chi connectivity index (χ4n) is 3.75. The highest BCUT2D eigenvalue weighted by molar-refractivity contribution is 6.30. The summed E-state index contributed by atoms with van der Waals surface area (Å²) >= 11 is 6.00. The van der Waals surface area contributed by atoms with E-state index in [-0.39, 0.29) is 30.4 Å². The second kappa shape index (κ2) is 10.6. The predicted molar refractivity (Wildman–Crippen MR) is 121 cm³/mol. The van der Waals surface area contributed by atoms with E-state index in [1.54, 1.807) is 35.2 Å². The number of carboxylic acids is 1. The summed E-state index contributed by atoms with van der Waals surface area (Å²) in [6, 6.07) is 11.4. The summed E-state index contributed by atoms with van der Waals surface area (Å²) in [7, 11) is 0. The van der Waals surface area contributed by atoms with Crippen molar-refractivity contribution in [3.8, 4) is 5.75 Å². The van der Waals surface area contributed by atoms with Gasteiger partial charge in [-0.2, -0.15) is 0 Å². The average molecular weight is 461 g/mol. The van der Waals surface area contributed by atoms with Gasteiger partial charge in [0.1, 0.15) is 11.6 Å². The van der Waals surface area contributed by atoms with Gasteiger partial charge in [0.2, 0.25) is 0 Å². The van der Waals surface area contributed by atoms with Crippen LogP contribution in [0.1, 0.15) is 25.0 Å². The van der Waals surface area contributed by atoms with E-state index >= 15 is 0 Å². The lowest BCUT2D eigenvalue weighted by Gasteiger charge is -2.44. The molecule has 8 heteroatoms. The Hall–Kier alpha value is -2.90. The Kier molecular flexibility index (Phi) is 7.88. The van der Waals surface area contributed by atoms with Crippen LogP contribution in [0.25, 0.3) is 6.08 Å². The molecule has 0 aliphatic carbocycles. The Balaban J connectivity index is 1.60. The van der Waals surface area contributed by atoms with Crippen LogP contribution in [0, 0.1) is 5.82 Å². The first-order valence-corrected chi connectivity index (χ1v) is 10.7. The van der Waals surface area contributed by atoms with Crippen molar-refractivity contribution < 1.29 is 23.8 Å². The average Bonchev–Trinajstić information content (AvgIpc) is 2.75. The largest absolute Gasteiger partial charge is 0.483 e. The zero-order valence-electron chi connectivity index (χ0n) is 18.0. The normalized spacial score (nSPS) is 19.3. The van der Waals surface area contributed by atoms with Crippen LogP contribution in [0.15, 0.2) is 48.5 Å². The molecule has 1 aliphatic rings. The van der Waals surface area contributed by atoms with E-state index in [2.05, 4.69) is 11.8 Å². The molecule has 1 saturated heterocycles. The molecule has 1 fully saturated rings. The SMILES string of the molecule is CC1CN(C(=O)COc2ccc(Cl)cc2/C=C/C(=O)O)C(C)CN1Cc1ccc(F)cc1. The molecular formula is C24H26ClFN2O4. The minimum atomic E-state index is -1.09. The van der Waals surface area contributed by atoms with Crippen LogP contribution in [0.4, 0.5) is 4.39 Å². The molecule has 1 heterocycles. The van der Waals surface area contributed by atoms with Gasteiger partial charge in [0.15, 0.2) is 6.61 Å². The van der Waals surface area contributed by atoms with Crippen molar-refractivity contribution in [2.24, 2.45) is 0 Å². The summed E-state index contributed by atoms with van der Waals surface area (Å²) in [4.78, 5) is 27.8. The van der Waals surface area contributed by atoms with Gasteiger partial charge in [0.25, 0.3) is 5.91 Å². The maximum absolute atomic E-state index is 13.2. The monoisotopic (exact) mass is 460 g/mol. The molecule has 2 unspecified atom stereocenters. The van der Waals surface area contributed by atoms with Crippen molar-refractivity contribution in [3.05, 3.63) is 70.5 Å². The molecule has 170 valence electrons. The zero-order chi connectivity index (χ0) is 23.3. The molecule has 2 aromatic carbocycles. The number of benzene rings is 2. The van der Waals surface area contributed by atoms with Crippen molar-refractivity contribution in [2.45, 2.75) is 32.5 Å². The second-order valence-electron chi connectivity index (χ2n) is 7.94. The van der Waals surface area contributed by atoms with Crippen LogP contribution in [-0.4, -0.2) is 58.6 Å². The quantitative estimate of drug-likeness (QED) is 0.630. The Labute approximate surface area is 191 Å². The molecule has 1 amide bonds. The van der Waals surface area contributed by atoms with E-state index in [9.17, 15) is 14.0 Å². The molecule has 2 atom stereocenters. The fraction of sp³-hybridized carbons (Fsp3) is 0.333. The molecule has 0 aromatic heterocycles. The van der Waals surface area contributed by atoms with Crippen molar-refractivity contribution in [1.29, 1.82) is 0 Å². The topological polar surface area (TPSA) is 70.1 Å². The number of rotatable bonds is 7. The Morgan fingerprint density at radius 2 is 1.88 bits per heavy atom. The minimum absolute atomic E-state index is 0.0145. The number of hydrogen-bond acceptors (Lipinski definition) is 4. The van der Waals surface area contributed by atoms with Gasteiger partial charge in [0, 0.05) is 48.4 Å². The van der Waals surface area contributed by atoms with Gasteiger partial charge in [-0.25, -0.2) is 9.18 Å². The summed E-state index contributed by atoms with van der Waals surface area (Å²) in [6.45, 7) is 5.82. The third-order valence-electron chi connectivity index (χ3n) is 5.46. The third-order valence-corrected chi connectivity index (χ3v) is 5.70. The Morgan fingerprint density at radius 1 is 1.16 bits per heavy atom. The van der Waals surface area contributed by atoms with Gasteiger partial charge >= 0.3 is 5.97 Å². The van der Waals surface area contributed by atoms with E-state index in [1.165, 1.54) is 18.2 Å². The van der Waals surface area contributed by atoms with Crippen LogP contribution in [0.2, 0.25) is 5.02 Å². The molecule has 0 radical (unpaired) electrons. The number of amides is 1. The third kappa shape index (κ3) is 6.31. The highest BCUT2D eigenvalue weighted by Crippen LogP contribution is 2.25. The highest BCUT2D eigenvalue weighted by atomic mass is 35.5. The van der Waals surface area contributed by atoms with Crippen LogP contribution < -0.4 is 4.74 Å². The number of carbonyl (C=O) groups is 2. The summed E-state index contributed by atoms with van der Waals surface area (Å²) in [6.07, 6.45) is 2.37. The number of hydrogen-bond donors (Lipinski definition) is 1. The van der Waals surface area contributed by atoms with Gasteiger partial charge in [-0.1, -0.05) is 23.7 Å². The highest BCUT2D eigenvalue weighted by Gasteiger charge is 2.32. The number of ether oxygens (including phenoxy) is 1. The van der Waals surface area contributed by atoms with E-state index in [0.717, 1.165) is 11.6 Å². The molecule has 0 bridgehead atoms. The first-order valence-electron chi connectivity index (χ1n) is 10.3. The molecule has 1 N–H and O–H groups in total. The maximum Gasteiger partial charge on any atom is 0.328 e. The summed E-state index contributed by atoms with van der Waals surface area (Å²) < 4.78 is 18.9. The van der Waals surface area contributed by atoms with E-state index in [4.69, 9.17) is 21.4 Å². The second-order valence-corrected chi connectivity index (χ2v) is 8.38. The number of aliphatic carboxylic acids is 1. The van der Waals surface area contributed by atoms with Gasteiger partial charge < -0.3 is 14.7 Å². The smallest absolute Gasteiger partial charge is 0.328 e. The number of halogens is 2. The molecule has 6 nitrogen and oxygen atoms in total. The molecule has 0 spiro atoms. The van der Waals surface area contributed by atoms with Crippen LogP contribution in [-0.2, 0) is 16.1 Å². The lowest BCUT2D eigenvalue weighted by molar-refractivity contribution is -0.139. The van der Waals surface area contributed by atoms with Crippen molar-refractivity contribution >= 4 is 29.6 Å².